The highest BCUT2D eigenvalue weighted by Gasteiger charge is 2.35. The highest BCUT2D eigenvalue weighted by atomic mass is 16.4. The Morgan fingerprint density at radius 3 is 2.65 bits per heavy atom. The third kappa shape index (κ3) is 2.18. The molecule has 0 fully saturated rings. The summed E-state index contributed by atoms with van der Waals surface area (Å²) in [7, 11) is 0. The minimum absolute atomic E-state index is 0.211. The first-order valence-electron chi connectivity index (χ1n) is 5.25. The SMILES string of the molecule is CC1=NN(c2ccccc2)C(=O)C1CC(=O)O. The van der Waals surface area contributed by atoms with Crippen LogP contribution in [-0.2, 0) is 9.59 Å². The van der Waals surface area contributed by atoms with Gasteiger partial charge in [0.1, 0.15) is 0 Å². The number of hydrazone groups is 1. The number of nitrogens with zero attached hydrogens (tertiary/aromatic N) is 2. The molecule has 1 aliphatic rings. The fourth-order valence-electron chi connectivity index (χ4n) is 1.77. The van der Waals surface area contributed by atoms with E-state index in [1.54, 1.807) is 31.2 Å². The second-order valence-electron chi connectivity index (χ2n) is 3.88. The summed E-state index contributed by atoms with van der Waals surface area (Å²) in [5, 5.41) is 14.1. The highest BCUT2D eigenvalue weighted by Crippen LogP contribution is 2.25. The van der Waals surface area contributed by atoms with Gasteiger partial charge in [-0.2, -0.15) is 5.10 Å². The summed E-state index contributed by atoms with van der Waals surface area (Å²) in [4.78, 5) is 22.7. The molecule has 1 atom stereocenters. The monoisotopic (exact) mass is 232 g/mol. The number of carboxylic acids is 1. The van der Waals surface area contributed by atoms with E-state index in [0.29, 0.717) is 11.4 Å². The lowest BCUT2D eigenvalue weighted by molar-refractivity contribution is -0.139. The standard InChI is InChI=1S/C12H12N2O3/c1-8-10(7-11(15)16)12(17)14(13-8)9-5-3-2-4-6-9/h2-6,10H,7H2,1H3,(H,15,16). The van der Waals surface area contributed by atoms with Crippen LogP contribution in [0.15, 0.2) is 35.4 Å². The van der Waals surface area contributed by atoms with Crippen LogP contribution in [0.2, 0.25) is 0 Å². The van der Waals surface area contributed by atoms with Gasteiger partial charge in [0.25, 0.3) is 5.91 Å². The molecule has 17 heavy (non-hydrogen) atoms. The molecule has 1 amide bonds. The lowest BCUT2D eigenvalue weighted by Gasteiger charge is -2.13. The summed E-state index contributed by atoms with van der Waals surface area (Å²) in [6.45, 7) is 1.68. The molecular formula is C12H12N2O3. The van der Waals surface area contributed by atoms with Crippen molar-refractivity contribution in [1.29, 1.82) is 0 Å². The van der Waals surface area contributed by atoms with Crippen LogP contribution in [0.3, 0.4) is 0 Å². The van der Waals surface area contributed by atoms with Crippen molar-refractivity contribution in [3.8, 4) is 0 Å². The van der Waals surface area contributed by atoms with Crippen molar-refractivity contribution in [2.45, 2.75) is 13.3 Å². The predicted octanol–water partition coefficient (Wildman–Crippen LogP) is 1.50. The van der Waals surface area contributed by atoms with Crippen molar-refractivity contribution in [2.75, 3.05) is 5.01 Å². The molecule has 0 aromatic heterocycles. The van der Waals surface area contributed by atoms with E-state index in [9.17, 15) is 9.59 Å². The summed E-state index contributed by atoms with van der Waals surface area (Å²) in [5.74, 6) is -1.92. The topological polar surface area (TPSA) is 70.0 Å². The van der Waals surface area contributed by atoms with Crippen molar-refractivity contribution < 1.29 is 14.7 Å². The number of rotatable bonds is 3. The van der Waals surface area contributed by atoms with Gasteiger partial charge in [0, 0.05) is 5.71 Å². The number of carboxylic acid groups (broad SMARTS) is 1. The van der Waals surface area contributed by atoms with Crippen molar-refractivity contribution in [3.63, 3.8) is 0 Å². The van der Waals surface area contributed by atoms with Gasteiger partial charge >= 0.3 is 5.97 Å². The predicted molar refractivity (Wildman–Crippen MR) is 62.8 cm³/mol. The van der Waals surface area contributed by atoms with Crippen LogP contribution >= 0.6 is 0 Å². The zero-order valence-electron chi connectivity index (χ0n) is 9.33. The maximum absolute atomic E-state index is 12.0. The Hall–Kier alpha value is -2.17. The average Bonchev–Trinajstić information content (AvgIpc) is 2.58. The summed E-state index contributed by atoms with van der Waals surface area (Å²) >= 11 is 0. The Labute approximate surface area is 98.4 Å². The lowest BCUT2D eigenvalue weighted by Crippen LogP contribution is -2.28. The molecule has 1 aliphatic heterocycles. The summed E-state index contributed by atoms with van der Waals surface area (Å²) in [6.07, 6.45) is -0.211. The van der Waals surface area contributed by atoms with Gasteiger partial charge in [-0.3, -0.25) is 9.59 Å². The molecule has 0 spiro atoms. The van der Waals surface area contributed by atoms with E-state index in [0.717, 1.165) is 0 Å². The first-order chi connectivity index (χ1) is 8.09. The fourth-order valence-corrected chi connectivity index (χ4v) is 1.77. The Morgan fingerprint density at radius 2 is 2.06 bits per heavy atom. The maximum Gasteiger partial charge on any atom is 0.304 e. The zero-order chi connectivity index (χ0) is 12.4. The van der Waals surface area contributed by atoms with E-state index < -0.39 is 11.9 Å². The van der Waals surface area contributed by atoms with E-state index in [1.807, 2.05) is 6.07 Å². The number of benzene rings is 1. The molecule has 0 bridgehead atoms. The first-order valence-corrected chi connectivity index (χ1v) is 5.25. The minimum Gasteiger partial charge on any atom is -0.481 e. The van der Waals surface area contributed by atoms with Crippen molar-refractivity contribution >= 4 is 23.3 Å². The second kappa shape index (κ2) is 4.37. The van der Waals surface area contributed by atoms with E-state index in [2.05, 4.69) is 5.10 Å². The number of para-hydroxylation sites is 1. The molecule has 5 nitrogen and oxygen atoms in total. The number of carbonyl (C=O) groups excluding carboxylic acids is 1. The smallest absolute Gasteiger partial charge is 0.304 e. The van der Waals surface area contributed by atoms with Crippen LogP contribution in [0, 0.1) is 5.92 Å². The number of amides is 1. The van der Waals surface area contributed by atoms with E-state index in [4.69, 9.17) is 5.11 Å². The molecule has 88 valence electrons. The number of anilines is 1. The average molecular weight is 232 g/mol. The molecule has 1 heterocycles. The van der Waals surface area contributed by atoms with Gasteiger partial charge in [0.05, 0.1) is 18.0 Å². The van der Waals surface area contributed by atoms with Gasteiger partial charge in [0.15, 0.2) is 0 Å². The van der Waals surface area contributed by atoms with Crippen LogP contribution in [-0.4, -0.2) is 22.7 Å². The summed E-state index contributed by atoms with van der Waals surface area (Å²) in [6, 6.07) is 8.97. The quantitative estimate of drug-likeness (QED) is 0.858. The molecule has 0 radical (unpaired) electrons. The van der Waals surface area contributed by atoms with Crippen molar-refractivity contribution in [3.05, 3.63) is 30.3 Å². The van der Waals surface area contributed by atoms with Crippen LogP contribution < -0.4 is 5.01 Å². The molecule has 1 unspecified atom stereocenters. The maximum atomic E-state index is 12.0. The summed E-state index contributed by atoms with van der Waals surface area (Å²) in [5.41, 5.74) is 1.20. The van der Waals surface area contributed by atoms with Gasteiger partial charge in [0.2, 0.25) is 0 Å². The van der Waals surface area contributed by atoms with Gasteiger partial charge < -0.3 is 5.11 Å². The summed E-state index contributed by atoms with van der Waals surface area (Å²) < 4.78 is 0. The van der Waals surface area contributed by atoms with Gasteiger partial charge in [-0.05, 0) is 19.1 Å². The van der Waals surface area contributed by atoms with E-state index in [-0.39, 0.29) is 12.3 Å². The third-order valence-corrected chi connectivity index (χ3v) is 2.65. The van der Waals surface area contributed by atoms with Crippen LogP contribution in [0.25, 0.3) is 0 Å². The second-order valence-corrected chi connectivity index (χ2v) is 3.88. The van der Waals surface area contributed by atoms with Gasteiger partial charge in [-0.1, -0.05) is 18.2 Å². The Morgan fingerprint density at radius 1 is 1.41 bits per heavy atom. The molecule has 1 N–H and O–H groups in total. The Balaban J connectivity index is 2.24. The fraction of sp³-hybridized carbons (Fsp3) is 0.250. The Bertz CT molecular complexity index is 482. The lowest BCUT2D eigenvalue weighted by atomic mass is 10.0. The van der Waals surface area contributed by atoms with Crippen LogP contribution in [0.5, 0.6) is 0 Å². The number of carbonyl (C=O) groups is 2. The van der Waals surface area contributed by atoms with Crippen molar-refractivity contribution in [2.24, 2.45) is 11.0 Å². The normalized spacial score (nSPS) is 19.4. The van der Waals surface area contributed by atoms with Crippen LogP contribution in [0.1, 0.15) is 13.3 Å². The van der Waals surface area contributed by atoms with Gasteiger partial charge in [-0.25, -0.2) is 5.01 Å². The Kier molecular flexibility index (Phi) is 2.91. The molecular weight excluding hydrogens is 220 g/mol. The first kappa shape index (κ1) is 11.3. The van der Waals surface area contributed by atoms with E-state index in [1.165, 1.54) is 5.01 Å². The molecule has 1 aromatic carbocycles. The molecule has 1 aromatic rings. The molecule has 0 aliphatic carbocycles. The zero-order valence-corrected chi connectivity index (χ0v) is 9.33. The molecule has 0 saturated carbocycles. The third-order valence-electron chi connectivity index (χ3n) is 2.65. The molecule has 0 saturated heterocycles. The molecule has 5 heteroatoms. The largest absolute Gasteiger partial charge is 0.481 e. The number of hydrogen-bond donors (Lipinski definition) is 1. The minimum atomic E-state index is -0.993. The number of hydrogen-bond acceptors (Lipinski definition) is 3. The molecule has 2 rings (SSSR count). The van der Waals surface area contributed by atoms with Crippen LogP contribution in [0.4, 0.5) is 5.69 Å². The van der Waals surface area contributed by atoms with Crippen molar-refractivity contribution in [1.82, 2.24) is 0 Å². The highest BCUT2D eigenvalue weighted by molar-refractivity contribution is 6.15. The van der Waals surface area contributed by atoms with Gasteiger partial charge in [-0.15, -0.1) is 0 Å². The number of aliphatic carboxylic acids is 1. The van der Waals surface area contributed by atoms with E-state index >= 15 is 0 Å².